The number of aromatic nitrogens is 1. The maximum absolute atomic E-state index is 13.7. The lowest BCUT2D eigenvalue weighted by Crippen LogP contribution is -2.49. The molecule has 1 aliphatic rings. The van der Waals surface area contributed by atoms with E-state index in [-0.39, 0.29) is 17.2 Å². The molecule has 0 aliphatic carbocycles. The molecule has 1 amide bonds. The maximum Gasteiger partial charge on any atom is 0.416 e. The number of nitrogens with zero attached hydrogens (tertiary/aromatic N) is 4. The molecule has 3 aromatic carbocycles. The van der Waals surface area contributed by atoms with Crippen molar-refractivity contribution in [1.29, 1.82) is 5.26 Å². The van der Waals surface area contributed by atoms with E-state index >= 15 is 0 Å². The van der Waals surface area contributed by atoms with Gasteiger partial charge in [0.05, 0.1) is 16.8 Å². The second-order valence-corrected chi connectivity index (χ2v) is 8.77. The number of anilines is 1. The molecule has 5 rings (SSSR count). The standard InChI is InChI=1S/C29H23F3N4O/c30-29(31,32)23-9-6-10-24(19-23)34-15-17-35(18-16-34)28(37)27-22(20-33)13-14-36(27)26-12-5-4-11-25(26)21-7-2-1-3-8-21/h1-14,19H,15-18H2. The topological polar surface area (TPSA) is 52.3 Å². The number of nitriles is 1. The third-order valence-corrected chi connectivity index (χ3v) is 6.56. The van der Waals surface area contributed by atoms with Crippen molar-refractivity contribution in [1.82, 2.24) is 9.47 Å². The van der Waals surface area contributed by atoms with Crippen LogP contribution < -0.4 is 4.90 Å². The summed E-state index contributed by atoms with van der Waals surface area (Å²) in [6, 6.07) is 26.5. The van der Waals surface area contributed by atoms with Gasteiger partial charge in [-0.15, -0.1) is 0 Å². The first-order valence-electron chi connectivity index (χ1n) is 11.8. The summed E-state index contributed by atoms with van der Waals surface area (Å²) in [7, 11) is 0. The zero-order valence-corrected chi connectivity index (χ0v) is 19.8. The average Bonchev–Trinajstić information content (AvgIpc) is 3.37. The summed E-state index contributed by atoms with van der Waals surface area (Å²) in [5.41, 5.74) is 3.01. The highest BCUT2D eigenvalue weighted by Crippen LogP contribution is 2.32. The van der Waals surface area contributed by atoms with Gasteiger partial charge in [-0.1, -0.05) is 54.6 Å². The molecular weight excluding hydrogens is 477 g/mol. The molecule has 1 aromatic heterocycles. The van der Waals surface area contributed by atoms with Gasteiger partial charge in [0.2, 0.25) is 0 Å². The van der Waals surface area contributed by atoms with Gasteiger partial charge < -0.3 is 14.4 Å². The number of carbonyl (C=O) groups excluding carboxylic acids is 1. The van der Waals surface area contributed by atoms with Crippen molar-refractivity contribution in [3.8, 4) is 22.9 Å². The first-order chi connectivity index (χ1) is 17.9. The van der Waals surface area contributed by atoms with Gasteiger partial charge in [0.1, 0.15) is 11.8 Å². The van der Waals surface area contributed by atoms with Crippen LogP contribution in [0.5, 0.6) is 0 Å². The summed E-state index contributed by atoms with van der Waals surface area (Å²) in [5.74, 6) is -0.284. The Labute approximate surface area is 212 Å². The number of piperazine rings is 1. The predicted molar refractivity (Wildman–Crippen MR) is 135 cm³/mol. The van der Waals surface area contributed by atoms with Gasteiger partial charge in [-0.2, -0.15) is 18.4 Å². The summed E-state index contributed by atoms with van der Waals surface area (Å²) in [4.78, 5) is 17.2. The van der Waals surface area contributed by atoms with E-state index in [4.69, 9.17) is 0 Å². The van der Waals surface area contributed by atoms with Crippen LogP contribution in [0.15, 0.2) is 91.1 Å². The molecule has 0 N–H and O–H groups in total. The fraction of sp³-hybridized carbons (Fsp3) is 0.172. The van der Waals surface area contributed by atoms with Crippen molar-refractivity contribution < 1.29 is 18.0 Å². The molecule has 5 nitrogen and oxygen atoms in total. The molecule has 1 fully saturated rings. The monoisotopic (exact) mass is 500 g/mol. The number of halogens is 3. The van der Waals surface area contributed by atoms with Crippen molar-refractivity contribution >= 4 is 11.6 Å². The summed E-state index contributed by atoms with van der Waals surface area (Å²) in [5, 5.41) is 9.76. The smallest absolute Gasteiger partial charge is 0.368 e. The Morgan fingerprint density at radius 2 is 1.54 bits per heavy atom. The second kappa shape index (κ2) is 9.86. The number of carbonyl (C=O) groups is 1. The average molecular weight is 501 g/mol. The van der Waals surface area contributed by atoms with Crippen LogP contribution in [-0.2, 0) is 6.18 Å². The Bertz CT molecular complexity index is 1460. The van der Waals surface area contributed by atoms with Crippen molar-refractivity contribution in [3.05, 3.63) is 108 Å². The van der Waals surface area contributed by atoms with Crippen LogP contribution in [0.4, 0.5) is 18.9 Å². The van der Waals surface area contributed by atoms with Gasteiger partial charge in [0.25, 0.3) is 5.91 Å². The van der Waals surface area contributed by atoms with Crippen LogP contribution in [0.1, 0.15) is 21.6 Å². The van der Waals surface area contributed by atoms with Gasteiger partial charge in [-0.25, -0.2) is 0 Å². The van der Waals surface area contributed by atoms with Crippen molar-refractivity contribution in [3.63, 3.8) is 0 Å². The molecule has 186 valence electrons. The molecular formula is C29H23F3N4O. The zero-order valence-electron chi connectivity index (χ0n) is 19.8. The molecule has 4 aromatic rings. The molecule has 0 bridgehead atoms. The van der Waals surface area contributed by atoms with Crippen LogP contribution in [0, 0.1) is 11.3 Å². The van der Waals surface area contributed by atoms with Crippen molar-refractivity contribution in [2.45, 2.75) is 6.18 Å². The number of amides is 1. The van der Waals surface area contributed by atoms with Crippen molar-refractivity contribution in [2.75, 3.05) is 31.1 Å². The van der Waals surface area contributed by atoms with E-state index in [1.54, 1.807) is 27.8 Å². The van der Waals surface area contributed by atoms with Crippen LogP contribution in [0.25, 0.3) is 16.8 Å². The summed E-state index contributed by atoms with van der Waals surface area (Å²) in [6.45, 7) is 1.42. The fourth-order valence-corrected chi connectivity index (χ4v) is 4.68. The molecule has 2 heterocycles. The highest BCUT2D eigenvalue weighted by atomic mass is 19.4. The number of hydrogen-bond donors (Lipinski definition) is 0. The Hall–Kier alpha value is -4.51. The minimum atomic E-state index is -4.41. The van der Waals surface area contributed by atoms with E-state index in [0.29, 0.717) is 31.9 Å². The van der Waals surface area contributed by atoms with Gasteiger partial charge >= 0.3 is 6.18 Å². The Kier molecular flexibility index (Phi) is 6.45. The van der Waals surface area contributed by atoms with E-state index in [0.717, 1.165) is 28.9 Å². The van der Waals surface area contributed by atoms with E-state index in [2.05, 4.69) is 6.07 Å². The highest BCUT2D eigenvalue weighted by molar-refractivity contribution is 5.96. The van der Waals surface area contributed by atoms with E-state index in [9.17, 15) is 23.2 Å². The lowest BCUT2D eigenvalue weighted by atomic mass is 10.0. The van der Waals surface area contributed by atoms with Gasteiger partial charge in [-0.3, -0.25) is 4.79 Å². The van der Waals surface area contributed by atoms with E-state index in [1.807, 2.05) is 59.5 Å². The third-order valence-electron chi connectivity index (χ3n) is 6.56. The van der Waals surface area contributed by atoms with Gasteiger partial charge in [-0.05, 0) is 35.9 Å². The molecule has 0 saturated carbocycles. The number of alkyl halides is 3. The second-order valence-electron chi connectivity index (χ2n) is 8.77. The lowest BCUT2D eigenvalue weighted by molar-refractivity contribution is -0.137. The normalized spacial score (nSPS) is 13.9. The highest BCUT2D eigenvalue weighted by Gasteiger charge is 2.32. The first kappa shape index (κ1) is 24.2. The Morgan fingerprint density at radius 3 is 2.24 bits per heavy atom. The predicted octanol–water partition coefficient (Wildman–Crippen LogP) is 6.00. The molecule has 37 heavy (non-hydrogen) atoms. The largest absolute Gasteiger partial charge is 0.416 e. The number of benzene rings is 3. The number of para-hydroxylation sites is 1. The fourth-order valence-electron chi connectivity index (χ4n) is 4.68. The molecule has 1 aliphatic heterocycles. The molecule has 0 unspecified atom stereocenters. The lowest BCUT2D eigenvalue weighted by Gasteiger charge is -2.36. The molecule has 0 radical (unpaired) electrons. The maximum atomic E-state index is 13.7. The van der Waals surface area contributed by atoms with E-state index in [1.165, 1.54) is 6.07 Å². The number of rotatable bonds is 4. The van der Waals surface area contributed by atoms with Crippen LogP contribution in [0.2, 0.25) is 0 Å². The summed E-state index contributed by atoms with van der Waals surface area (Å²) < 4.78 is 41.2. The molecule has 1 saturated heterocycles. The zero-order chi connectivity index (χ0) is 26.0. The molecule has 0 spiro atoms. The van der Waals surface area contributed by atoms with Gasteiger partial charge in [0.15, 0.2) is 0 Å². The quantitative estimate of drug-likeness (QED) is 0.346. The number of hydrogen-bond acceptors (Lipinski definition) is 3. The van der Waals surface area contributed by atoms with E-state index < -0.39 is 11.7 Å². The third kappa shape index (κ3) is 4.81. The molecule has 0 atom stereocenters. The minimum absolute atomic E-state index is 0.271. The Morgan fingerprint density at radius 1 is 0.838 bits per heavy atom. The van der Waals surface area contributed by atoms with Crippen LogP contribution in [0.3, 0.4) is 0 Å². The summed E-state index contributed by atoms with van der Waals surface area (Å²) >= 11 is 0. The Balaban J connectivity index is 1.41. The molecule has 8 heteroatoms. The van der Waals surface area contributed by atoms with Crippen LogP contribution in [-0.4, -0.2) is 41.6 Å². The summed E-state index contributed by atoms with van der Waals surface area (Å²) in [6.07, 6.45) is -2.69. The SMILES string of the molecule is N#Cc1ccn(-c2ccccc2-c2ccccc2)c1C(=O)N1CCN(c2cccc(C(F)(F)F)c2)CC1. The first-order valence-corrected chi connectivity index (χ1v) is 11.8. The van der Waals surface area contributed by atoms with Crippen LogP contribution >= 0.6 is 0 Å². The van der Waals surface area contributed by atoms with Crippen molar-refractivity contribution in [2.24, 2.45) is 0 Å². The van der Waals surface area contributed by atoms with Gasteiger partial charge in [0, 0.05) is 43.6 Å². The minimum Gasteiger partial charge on any atom is -0.368 e.